The highest BCUT2D eigenvalue weighted by Crippen LogP contribution is 2.30. The van der Waals surface area contributed by atoms with Crippen molar-refractivity contribution in [3.05, 3.63) is 65.7 Å². The van der Waals surface area contributed by atoms with Crippen molar-refractivity contribution in [2.24, 2.45) is 5.73 Å². The Labute approximate surface area is 115 Å². The van der Waals surface area contributed by atoms with Gasteiger partial charge in [0, 0.05) is 0 Å². The summed E-state index contributed by atoms with van der Waals surface area (Å²) in [6, 6.07) is 14.9. The number of hydrogen-bond acceptors (Lipinski definition) is 2. The Balaban J connectivity index is 2.35. The van der Waals surface area contributed by atoms with Gasteiger partial charge in [0.25, 0.3) is 0 Å². The van der Waals surface area contributed by atoms with Crippen molar-refractivity contribution in [1.82, 2.24) is 0 Å². The summed E-state index contributed by atoms with van der Waals surface area (Å²) in [6.07, 6.45) is -4.71. The molecule has 0 aliphatic rings. The Morgan fingerprint density at radius 1 is 0.900 bits per heavy atom. The monoisotopic (exact) mass is 281 g/mol. The molecule has 0 saturated heterocycles. The van der Waals surface area contributed by atoms with Crippen molar-refractivity contribution >= 4 is 0 Å². The van der Waals surface area contributed by atoms with Gasteiger partial charge in [-0.15, -0.1) is 13.2 Å². The molecule has 2 aromatic carbocycles. The molecule has 20 heavy (non-hydrogen) atoms. The second-order valence-corrected chi connectivity index (χ2v) is 4.64. The van der Waals surface area contributed by atoms with Crippen LogP contribution >= 0.6 is 0 Å². The summed E-state index contributed by atoms with van der Waals surface area (Å²) in [5.74, 6) is -0.275. The van der Waals surface area contributed by atoms with Gasteiger partial charge in [-0.1, -0.05) is 42.5 Å². The van der Waals surface area contributed by atoms with E-state index in [1.165, 1.54) is 18.2 Å². The lowest BCUT2D eigenvalue weighted by Gasteiger charge is -2.26. The van der Waals surface area contributed by atoms with Gasteiger partial charge in [0.1, 0.15) is 5.75 Å². The van der Waals surface area contributed by atoms with E-state index in [0.29, 0.717) is 5.56 Å². The molecule has 0 radical (unpaired) electrons. The summed E-state index contributed by atoms with van der Waals surface area (Å²) >= 11 is 0. The fraction of sp³-hybridized carbons (Fsp3) is 0.200. The third kappa shape index (κ3) is 3.30. The molecule has 1 atom stereocenters. The van der Waals surface area contributed by atoms with Gasteiger partial charge in [-0.25, -0.2) is 0 Å². The maximum Gasteiger partial charge on any atom is 0.573 e. The lowest BCUT2D eigenvalue weighted by molar-refractivity contribution is -0.274. The lowest BCUT2D eigenvalue weighted by Crippen LogP contribution is -2.34. The third-order valence-corrected chi connectivity index (χ3v) is 3.04. The Morgan fingerprint density at radius 2 is 1.50 bits per heavy atom. The topological polar surface area (TPSA) is 35.2 Å². The fourth-order valence-electron chi connectivity index (χ4n) is 1.97. The smallest absolute Gasteiger partial charge is 0.406 e. The molecule has 0 spiro atoms. The van der Waals surface area contributed by atoms with Crippen LogP contribution in [-0.2, 0) is 5.54 Å². The summed E-state index contributed by atoms with van der Waals surface area (Å²) in [7, 11) is 0. The molecule has 0 amide bonds. The minimum Gasteiger partial charge on any atom is -0.406 e. The normalized spacial score (nSPS) is 14.7. The molecule has 0 heterocycles. The molecule has 0 bridgehead atoms. The summed E-state index contributed by atoms with van der Waals surface area (Å²) in [5.41, 5.74) is 6.71. The Kier molecular flexibility index (Phi) is 3.72. The van der Waals surface area contributed by atoms with Gasteiger partial charge < -0.3 is 10.5 Å². The summed E-state index contributed by atoms with van der Waals surface area (Å²) in [5, 5.41) is 0. The Hall–Kier alpha value is -2.01. The van der Waals surface area contributed by atoms with Crippen LogP contribution in [0.1, 0.15) is 18.1 Å². The number of nitrogens with two attached hydrogens (primary N) is 1. The number of rotatable bonds is 3. The molecule has 2 N–H and O–H groups in total. The van der Waals surface area contributed by atoms with Crippen molar-refractivity contribution < 1.29 is 17.9 Å². The van der Waals surface area contributed by atoms with Crippen molar-refractivity contribution in [2.75, 3.05) is 0 Å². The van der Waals surface area contributed by atoms with E-state index in [4.69, 9.17) is 5.73 Å². The van der Waals surface area contributed by atoms with Crippen molar-refractivity contribution in [3.63, 3.8) is 0 Å². The van der Waals surface area contributed by atoms with Crippen LogP contribution in [0, 0.1) is 0 Å². The number of alkyl halides is 3. The SMILES string of the molecule is CC(N)(c1ccccc1)c1cccc(OC(F)(F)F)c1. The van der Waals surface area contributed by atoms with Crippen LogP contribution in [0.15, 0.2) is 54.6 Å². The van der Waals surface area contributed by atoms with E-state index in [0.717, 1.165) is 5.56 Å². The zero-order valence-corrected chi connectivity index (χ0v) is 10.8. The molecule has 0 aliphatic carbocycles. The van der Waals surface area contributed by atoms with Crippen LogP contribution in [0.4, 0.5) is 13.2 Å². The van der Waals surface area contributed by atoms with E-state index in [1.807, 2.05) is 30.3 Å². The molecular weight excluding hydrogens is 267 g/mol. The lowest BCUT2D eigenvalue weighted by atomic mass is 9.86. The van der Waals surface area contributed by atoms with E-state index in [1.54, 1.807) is 13.0 Å². The summed E-state index contributed by atoms with van der Waals surface area (Å²) in [4.78, 5) is 0. The van der Waals surface area contributed by atoms with Gasteiger partial charge in [0.05, 0.1) is 5.54 Å². The molecule has 1 unspecified atom stereocenters. The first kappa shape index (κ1) is 14.4. The molecule has 0 aromatic heterocycles. The van der Waals surface area contributed by atoms with E-state index < -0.39 is 11.9 Å². The largest absolute Gasteiger partial charge is 0.573 e. The first-order valence-electron chi connectivity index (χ1n) is 6.00. The number of hydrogen-bond donors (Lipinski definition) is 1. The highest BCUT2D eigenvalue weighted by Gasteiger charge is 2.32. The van der Waals surface area contributed by atoms with Crippen LogP contribution in [0.3, 0.4) is 0 Å². The van der Waals surface area contributed by atoms with E-state index in [9.17, 15) is 13.2 Å². The van der Waals surface area contributed by atoms with Gasteiger partial charge in [0.2, 0.25) is 0 Å². The minimum atomic E-state index is -4.71. The van der Waals surface area contributed by atoms with Gasteiger partial charge in [0.15, 0.2) is 0 Å². The zero-order valence-electron chi connectivity index (χ0n) is 10.8. The van der Waals surface area contributed by atoms with Gasteiger partial charge in [-0.05, 0) is 30.2 Å². The van der Waals surface area contributed by atoms with E-state index in [-0.39, 0.29) is 5.75 Å². The number of benzene rings is 2. The highest BCUT2D eigenvalue weighted by atomic mass is 19.4. The molecule has 0 saturated carbocycles. The molecule has 0 fully saturated rings. The molecule has 106 valence electrons. The Morgan fingerprint density at radius 3 is 2.10 bits per heavy atom. The van der Waals surface area contributed by atoms with Crippen molar-refractivity contribution in [3.8, 4) is 5.75 Å². The third-order valence-electron chi connectivity index (χ3n) is 3.04. The van der Waals surface area contributed by atoms with Crippen LogP contribution in [0.25, 0.3) is 0 Å². The summed E-state index contributed by atoms with van der Waals surface area (Å²) < 4.78 is 40.6. The number of ether oxygens (including phenoxy) is 1. The van der Waals surface area contributed by atoms with Crippen LogP contribution in [-0.4, -0.2) is 6.36 Å². The maximum atomic E-state index is 12.2. The fourth-order valence-corrected chi connectivity index (χ4v) is 1.97. The molecular formula is C15H14F3NO. The van der Waals surface area contributed by atoms with E-state index >= 15 is 0 Å². The standard InChI is InChI=1S/C15H14F3NO/c1-14(19,11-6-3-2-4-7-11)12-8-5-9-13(10-12)20-15(16,17)18/h2-10H,19H2,1H3. The van der Waals surface area contributed by atoms with Gasteiger partial charge >= 0.3 is 6.36 Å². The number of halogens is 3. The van der Waals surface area contributed by atoms with E-state index in [2.05, 4.69) is 4.74 Å². The molecule has 2 nitrogen and oxygen atoms in total. The predicted octanol–water partition coefficient (Wildman–Crippen LogP) is 3.81. The van der Waals surface area contributed by atoms with Crippen LogP contribution in [0.2, 0.25) is 0 Å². The zero-order chi connectivity index (χ0) is 14.8. The summed E-state index contributed by atoms with van der Waals surface area (Å²) in [6.45, 7) is 1.75. The van der Waals surface area contributed by atoms with Crippen LogP contribution < -0.4 is 10.5 Å². The second-order valence-electron chi connectivity index (χ2n) is 4.64. The highest BCUT2D eigenvalue weighted by molar-refractivity contribution is 5.40. The molecule has 0 aliphatic heterocycles. The molecule has 2 rings (SSSR count). The minimum absolute atomic E-state index is 0.275. The van der Waals surface area contributed by atoms with Gasteiger partial charge in [-0.2, -0.15) is 0 Å². The molecule has 2 aromatic rings. The predicted molar refractivity (Wildman–Crippen MR) is 70.2 cm³/mol. The average molecular weight is 281 g/mol. The molecule has 5 heteroatoms. The first-order chi connectivity index (χ1) is 9.29. The van der Waals surface area contributed by atoms with Crippen LogP contribution in [0.5, 0.6) is 5.75 Å². The van der Waals surface area contributed by atoms with Gasteiger partial charge in [-0.3, -0.25) is 0 Å². The maximum absolute atomic E-state index is 12.2. The second kappa shape index (κ2) is 5.17. The first-order valence-corrected chi connectivity index (χ1v) is 6.00. The van der Waals surface area contributed by atoms with Crippen molar-refractivity contribution in [1.29, 1.82) is 0 Å². The average Bonchev–Trinajstić information content (AvgIpc) is 2.38. The van der Waals surface area contributed by atoms with Crippen molar-refractivity contribution in [2.45, 2.75) is 18.8 Å². The quantitative estimate of drug-likeness (QED) is 0.928. The Bertz CT molecular complexity index is 579.